The molecule has 1 amide bonds. The lowest BCUT2D eigenvalue weighted by molar-refractivity contribution is 0.0639. The maximum Gasteiger partial charge on any atom is 0.292 e. The second kappa shape index (κ2) is 7.89. The lowest BCUT2D eigenvalue weighted by Crippen LogP contribution is -2.40. The molecule has 0 atom stereocenters. The van der Waals surface area contributed by atoms with Gasteiger partial charge in [0.15, 0.2) is 0 Å². The molecule has 3 heterocycles. The van der Waals surface area contributed by atoms with Crippen LogP contribution in [0.2, 0.25) is 0 Å². The van der Waals surface area contributed by atoms with Gasteiger partial charge >= 0.3 is 0 Å². The molecule has 7 nitrogen and oxygen atoms in total. The summed E-state index contributed by atoms with van der Waals surface area (Å²) in [6, 6.07) is 1.64. The molecule has 1 aliphatic carbocycles. The Hall–Kier alpha value is -2.44. The predicted octanol–water partition coefficient (Wildman–Crippen LogP) is 2.79. The Morgan fingerprint density at radius 1 is 1.25 bits per heavy atom. The van der Waals surface area contributed by atoms with E-state index in [0.29, 0.717) is 31.3 Å². The Morgan fingerprint density at radius 3 is 2.71 bits per heavy atom. The van der Waals surface area contributed by atoms with Crippen LogP contribution in [0.25, 0.3) is 0 Å². The van der Waals surface area contributed by atoms with Gasteiger partial charge in [-0.2, -0.15) is 0 Å². The Kier molecular flexibility index (Phi) is 5.33. The van der Waals surface area contributed by atoms with Gasteiger partial charge in [0, 0.05) is 31.3 Å². The van der Waals surface area contributed by atoms with Crippen LogP contribution in [0, 0.1) is 5.92 Å². The van der Waals surface area contributed by atoms with Crippen LogP contribution in [0.3, 0.4) is 0 Å². The average Bonchev–Trinajstić information content (AvgIpc) is 3.13. The number of hydrogen-bond acceptors (Lipinski definition) is 5. The minimum absolute atomic E-state index is 0.00509. The first-order valence-electron chi connectivity index (χ1n) is 10.4. The SMILES string of the molecule is CC(C)c1cc(=O)n(CC2CCN(C(=O)c3onc4c3CCCC4)CC2)cn1. The summed E-state index contributed by atoms with van der Waals surface area (Å²) in [7, 11) is 0. The van der Waals surface area contributed by atoms with Gasteiger partial charge in [-0.1, -0.05) is 19.0 Å². The van der Waals surface area contributed by atoms with Gasteiger partial charge in [-0.3, -0.25) is 14.2 Å². The summed E-state index contributed by atoms with van der Waals surface area (Å²) in [5.74, 6) is 1.03. The second-order valence-corrected chi connectivity index (χ2v) is 8.34. The highest BCUT2D eigenvalue weighted by atomic mass is 16.5. The molecule has 28 heavy (non-hydrogen) atoms. The Bertz CT molecular complexity index is 907. The van der Waals surface area contributed by atoms with Gasteiger partial charge in [0.25, 0.3) is 11.5 Å². The van der Waals surface area contributed by atoms with Gasteiger partial charge < -0.3 is 9.42 Å². The second-order valence-electron chi connectivity index (χ2n) is 8.34. The molecule has 0 unspecified atom stereocenters. The van der Waals surface area contributed by atoms with Crippen molar-refractivity contribution in [3.05, 3.63) is 45.5 Å². The summed E-state index contributed by atoms with van der Waals surface area (Å²) in [6.07, 6.45) is 7.42. The van der Waals surface area contributed by atoms with E-state index in [-0.39, 0.29) is 17.4 Å². The van der Waals surface area contributed by atoms with E-state index in [4.69, 9.17) is 4.52 Å². The summed E-state index contributed by atoms with van der Waals surface area (Å²) >= 11 is 0. The number of aryl methyl sites for hydroxylation is 1. The number of hydrogen-bond donors (Lipinski definition) is 0. The highest BCUT2D eigenvalue weighted by Crippen LogP contribution is 2.27. The standard InChI is InChI=1S/C21H28N4O3/c1-14(2)18-11-19(26)25(13-22-18)12-15-7-9-24(10-8-15)21(27)20-16-5-3-4-6-17(16)23-28-20/h11,13-15H,3-10,12H2,1-2H3. The molecule has 0 aromatic carbocycles. The molecule has 0 spiro atoms. The van der Waals surface area contributed by atoms with Crippen molar-refractivity contribution in [2.45, 2.75) is 64.8 Å². The maximum atomic E-state index is 12.9. The van der Waals surface area contributed by atoms with Crippen molar-refractivity contribution in [1.29, 1.82) is 0 Å². The minimum Gasteiger partial charge on any atom is -0.350 e. The van der Waals surface area contributed by atoms with Crippen molar-refractivity contribution in [1.82, 2.24) is 19.6 Å². The number of carbonyl (C=O) groups excluding carboxylic acids is 1. The van der Waals surface area contributed by atoms with E-state index < -0.39 is 0 Å². The molecule has 1 fully saturated rings. The summed E-state index contributed by atoms with van der Waals surface area (Å²) in [6.45, 7) is 6.09. The largest absolute Gasteiger partial charge is 0.350 e. The number of aromatic nitrogens is 3. The number of likely N-dealkylation sites (tertiary alicyclic amines) is 1. The Balaban J connectivity index is 1.36. The quantitative estimate of drug-likeness (QED) is 0.810. The van der Waals surface area contributed by atoms with Crippen molar-refractivity contribution in [3.8, 4) is 0 Å². The van der Waals surface area contributed by atoms with Gasteiger partial charge in [0.1, 0.15) is 0 Å². The number of carbonyl (C=O) groups is 1. The van der Waals surface area contributed by atoms with Gasteiger partial charge in [-0.05, 0) is 50.4 Å². The first kappa shape index (κ1) is 18.9. The van der Waals surface area contributed by atoms with Crippen LogP contribution in [0.15, 0.2) is 21.7 Å². The van der Waals surface area contributed by atoms with E-state index in [0.717, 1.165) is 55.5 Å². The molecule has 2 aromatic heterocycles. The summed E-state index contributed by atoms with van der Waals surface area (Å²) in [4.78, 5) is 31.5. The molecule has 4 rings (SSSR count). The van der Waals surface area contributed by atoms with Gasteiger partial charge in [0.2, 0.25) is 5.76 Å². The van der Waals surface area contributed by atoms with Crippen molar-refractivity contribution >= 4 is 5.91 Å². The molecule has 0 N–H and O–H groups in total. The topological polar surface area (TPSA) is 81.2 Å². The van der Waals surface area contributed by atoms with E-state index >= 15 is 0 Å². The summed E-state index contributed by atoms with van der Waals surface area (Å²) in [5, 5.41) is 4.10. The number of amides is 1. The zero-order chi connectivity index (χ0) is 19.7. The Morgan fingerprint density at radius 2 is 2.00 bits per heavy atom. The van der Waals surface area contributed by atoms with Crippen LogP contribution in [0.5, 0.6) is 0 Å². The van der Waals surface area contributed by atoms with Crippen molar-refractivity contribution in [2.75, 3.05) is 13.1 Å². The lowest BCUT2D eigenvalue weighted by Gasteiger charge is -2.31. The van der Waals surface area contributed by atoms with Gasteiger partial charge in [-0.25, -0.2) is 4.98 Å². The van der Waals surface area contributed by atoms with Crippen molar-refractivity contribution in [2.24, 2.45) is 5.92 Å². The number of rotatable bonds is 4. The monoisotopic (exact) mass is 384 g/mol. The zero-order valence-corrected chi connectivity index (χ0v) is 16.7. The minimum atomic E-state index is -0.0331. The molecule has 0 bridgehead atoms. The summed E-state index contributed by atoms with van der Waals surface area (Å²) < 4.78 is 7.10. The van der Waals surface area contributed by atoms with E-state index in [1.54, 1.807) is 17.0 Å². The van der Waals surface area contributed by atoms with E-state index in [2.05, 4.69) is 10.1 Å². The number of fused-ring (bicyclic) bond motifs is 1. The molecule has 150 valence electrons. The van der Waals surface area contributed by atoms with Gasteiger partial charge in [-0.15, -0.1) is 0 Å². The maximum absolute atomic E-state index is 12.9. The third kappa shape index (κ3) is 3.75. The number of nitrogens with zero attached hydrogens (tertiary/aromatic N) is 4. The van der Waals surface area contributed by atoms with Crippen LogP contribution < -0.4 is 5.56 Å². The fraction of sp³-hybridized carbons (Fsp3) is 0.619. The van der Waals surface area contributed by atoms with E-state index in [9.17, 15) is 9.59 Å². The van der Waals surface area contributed by atoms with Crippen LogP contribution in [-0.2, 0) is 19.4 Å². The highest BCUT2D eigenvalue weighted by Gasteiger charge is 2.30. The Labute approximate surface area is 164 Å². The lowest BCUT2D eigenvalue weighted by atomic mass is 9.94. The molecule has 2 aliphatic rings. The first-order chi connectivity index (χ1) is 13.5. The first-order valence-corrected chi connectivity index (χ1v) is 10.4. The predicted molar refractivity (Wildman–Crippen MR) is 104 cm³/mol. The van der Waals surface area contributed by atoms with Crippen LogP contribution in [0.1, 0.15) is 73.0 Å². The van der Waals surface area contributed by atoms with Gasteiger partial charge in [0.05, 0.1) is 17.7 Å². The fourth-order valence-corrected chi connectivity index (χ4v) is 4.19. The van der Waals surface area contributed by atoms with Crippen molar-refractivity contribution in [3.63, 3.8) is 0 Å². The smallest absolute Gasteiger partial charge is 0.292 e. The molecule has 1 aliphatic heterocycles. The average molecular weight is 384 g/mol. The number of piperidine rings is 1. The fourth-order valence-electron chi connectivity index (χ4n) is 4.19. The molecular weight excluding hydrogens is 356 g/mol. The summed E-state index contributed by atoms with van der Waals surface area (Å²) in [5.41, 5.74) is 2.81. The molecular formula is C21H28N4O3. The van der Waals surface area contributed by atoms with Crippen LogP contribution >= 0.6 is 0 Å². The normalized spacial score (nSPS) is 17.8. The third-order valence-electron chi connectivity index (χ3n) is 6.00. The van der Waals surface area contributed by atoms with Crippen LogP contribution in [0.4, 0.5) is 0 Å². The van der Waals surface area contributed by atoms with E-state index in [1.807, 2.05) is 18.7 Å². The molecule has 2 aromatic rings. The molecule has 0 radical (unpaired) electrons. The zero-order valence-electron chi connectivity index (χ0n) is 16.7. The van der Waals surface area contributed by atoms with E-state index in [1.165, 1.54) is 0 Å². The highest BCUT2D eigenvalue weighted by molar-refractivity contribution is 5.93. The molecule has 0 saturated carbocycles. The third-order valence-corrected chi connectivity index (χ3v) is 6.00. The molecule has 1 saturated heterocycles. The van der Waals surface area contributed by atoms with Crippen LogP contribution in [-0.4, -0.2) is 38.6 Å². The molecule has 7 heteroatoms. The van der Waals surface area contributed by atoms with Crippen molar-refractivity contribution < 1.29 is 9.32 Å².